The Kier molecular flexibility index (Phi) is 6.75. The normalized spacial score (nSPS) is 11.8. The second-order valence-corrected chi connectivity index (χ2v) is 12.5. The molecule has 0 amide bonds. The highest BCUT2D eigenvalue weighted by molar-refractivity contribution is 6.99. The minimum Gasteiger partial charge on any atom is -0.491 e. The summed E-state index contributed by atoms with van der Waals surface area (Å²) in [5.41, 5.74) is 0.242. The van der Waals surface area contributed by atoms with Crippen LogP contribution < -0.4 is 15.1 Å². The monoisotopic (exact) mass is 420 g/mol. The van der Waals surface area contributed by atoms with E-state index in [0.717, 1.165) is 0 Å². The summed E-state index contributed by atoms with van der Waals surface area (Å²) in [5, 5.41) is 11.4. The van der Waals surface area contributed by atoms with Gasteiger partial charge < -0.3 is 14.3 Å². The van der Waals surface area contributed by atoms with E-state index in [4.69, 9.17) is 14.3 Å². The fourth-order valence-corrected chi connectivity index (χ4v) is 8.35. The molecule has 3 aromatic rings. The molecule has 0 spiro atoms. The summed E-state index contributed by atoms with van der Waals surface area (Å²) in [5.74, 6) is -0.317. The topological polar surface area (TPSA) is 55.8 Å². The van der Waals surface area contributed by atoms with Gasteiger partial charge in [0.05, 0.1) is 12.2 Å². The molecule has 0 saturated carbocycles. The first-order chi connectivity index (χ1) is 14.3. The van der Waals surface area contributed by atoms with E-state index in [1.165, 1.54) is 10.4 Å². The Morgan fingerprint density at radius 3 is 1.73 bits per heavy atom. The summed E-state index contributed by atoms with van der Waals surface area (Å²) >= 11 is 0. The largest absolute Gasteiger partial charge is 0.491 e. The van der Waals surface area contributed by atoms with E-state index in [9.17, 15) is 4.79 Å². The number of carboxylic acid groups (broad SMARTS) is 1. The Bertz CT molecular complexity index is 908. The molecule has 0 aliphatic rings. The lowest BCUT2D eigenvalue weighted by atomic mass is 10.2. The molecule has 0 unspecified atom stereocenters. The lowest BCUT2D eigenvalue weighted by Gasteiger charge is -2.43. The Hall–Kier alpha value is -2.89. The van der Waals surface area contributed by atoms with E-state index >= 15 is 0 Å². The summed E-state index contributed by atoms with van der Waals surface area (Å²) < 4.78 is 12.6. The van der Waals surface area contributed by atoms with Gasteiger partial charge in [-0.15, -0.1) is 0 Å². The number of rotatable bonds is 8. The number of ether oxygens (including phenoxy) is 1. The highest BCUT2D eigenvalue weighted by Gasteiger charge is 2.50. The van der Waals surface area contributed by atoms with E-state index in [-0.39, 0.29) is 10.6 Å². The quantitative estimate of drug-likeness (QED) is 0.435. The van der Waals surface area contributed by atoms with Crippen LogP contribution in [0.2, 0.25) is 5.04 Å². The number of carboxylic acids is 1. The Labute approximate surface area is 179 Å². The van der Waals surface area contributed by atoms with Gasteiger partial charge in [0.1, 0.15) is 12.4 Å². The summed E-state index contributed by atoms with van der Waals surface area (Å²) in [6.45, 7) is 7.55. The SMILES string of the molecule is CC(C)(C)[Si](OCCOc1ccc(C(=O)O)cc1)(c1ccccc1)c1ccccc1. The second-order valence-electron chi connectivity index (χ2n) is 8.19. The zero-order valence-corrected chi connectivity index (χ0v) is 18.7. The van der Waals surface area contributed by atoms with Gasteiger partial charge in [0, 0.05) is 0 Å². The predicted octanol–water partition coefficient (Wildman–Crippen LogP) is 4.34. The molecule has 0 atom stereocenters. The fraction of sp³-hybridized carbons (Fsp3) is 0.240. The molecule has 156 valence electrons. The Morgan fingerprint density at radius 1 is 0.800 bits per heavy atom. The van der Waals surface area contributed by atoms with Crippen molar-refractivity contribution >= 4 is 24.7 Å². The van der Waals surface area contributed by atoms with Gasteiger partial charge in [0.25, 0.3) is 8.32 Å². The van der Waals surface area contributed by atoms with Gasteiger partial charge >= 0.3 is 5.97 Å². The minimum atomic E-state index is -2.57. The molecule has 0 heterocycles. The summed E-state index contributed by atoms with van der Waals surface area (Å²) in [4.78, 5) is 11.0. The van der Waals surface area contributed by atoms with Crippen LogP contribution in [0, 0.1) is 0 Å². The van der Waals surface area contributed by atoms with Crippen molar-refractivity contribution in [1.29, 1.82) is 0 Å². The minimum absolute atomic E-state index is 0.0845. The van der Waals surface area contributed by atoms with Crippen LogP contribution in [0.3, 0.4) is 0 Å². The standard InChI is InChI=1S/C25H28O4Si/c1-25(2,3)30(22-10-6-4-7-11-22,23-12-8-5-9-13-23)29-19-18-28-21-16-14-20(15-17-21)24(26)27/h4-17H,18-19H2,1-3H3,(H,26,27). The molecule has 0 bridgehead atoms. The molecule has 0 radical (unpaired) electrons. The number of benzene rings is 3. The Balaban J connectivity index is 1.82. The number of hydrogen-bond donors (Lipinski definition) is 1. The van der Waals surface area contributed by atoms with E-state index in [2.05, 4.69) is 69.3 Å². The average Bonchev–Trinajstić information content (AvgIpc) is 2.74. The van der Waals surface area contributed by atoms with Crippen molar-refractivity contribution in [3.8, 4) is 5.75 Å². The first kappa shape index (κ1) is 21.8. The van der Waals surface area contributed by atoms with Crippen LogP contribution in [-0.4, -0.2) is 32.6 Å². The highest BCUT2D eigenvalue weighted by Crippen LogP contribution is 2.36. The smallest absolute Gasteiger partial charge is 0.335 e. The van der Waals surface area contributed by atoms with Gasteiger partial charge in [0.2, 0.25) is 0 Å². The van der Waals surface area contributed by atoms with E-state index in [0.29, 0.717) is 19.0 Å². The predicted molar refractivity (Wildman–Crippen MR) is 122 cm³/mol. The van der Waals surface area contributed by atoms with Crippen molar-refractivity contribution in [2.75, 3.05) is 13.2 Å². The number of hydrogen-bond acceptors (Lipinski definition) is 3. The lowest BCUT2D eigenvalue weighted by molar-refractivity contribution is 0.0697. The maximum absolute atomic E-state index is 11.0. The van der Waals surface area contributed by atoms with Gasteiger partial charge in [-0.1, -0.05) is 81.4 Å². The molecule has 0 aromatic heterocycles. The Morgan fingerprint density at radius 2 is 1.30 bits per heavy atom. The first-order valence-electron chi connectivity index (χ1n) is 10.1. The molecule has 1 N–H and O–H groups in total. The molecule has 3 aromatic carbocycles. The van der Waals surface area contributed by atoms with Crippen LogP contribution in [0.25, 0.3) is 0 Å². The molecule has 3 rings (SSSR count). The maximum atomic E-state index is 11.0. The average molecular weight is 421 g/mol. The molecular weight excluding hydrogens is 392 g/mol. The third-order valence-electron chi connectivity index (χ3n) is 5.19. The fourth-order valence-electron chi connectivity index (χ4n) is 3.81. The van der Waals surface area contributed by atoms with Crippen LogP contribution in [0.15, 0.2) is 84.9 Å². The number of carbonyl (C=O) groups is 1. The van der Waals surface area contributed by atoms with Gasteiger partial charge in [-0.05, 0) is 39.7 Å². The third kappa shape index (κ3) is 4.63. The lowest BCUT2D eigenvalue weighted by Crippen LogP contribution is -2.66. The van der Waals surface area contributed by atoms with E-state index in [1.807, 2.05) is 12.1 Å². The molecule has 4 nitrogen and oxygen atoms in total. The van der Waals surface area contributed by atoms with Crippen LogP contribution >= 0.6 is 0 Å². The first-order valence-corrected chi connectivity index (χ1v) is 12.0. The molecule has 5 heteroatoms. The van der Waals surface area contributed by atoms with Gasteiger partial charge in [-0.25, -0.2) is 4.79 Å². The van der Waals surface area contributed by atoms with E-state index in [1.54, 1.807) is 24.3 Å². The molecule has 0 fully saturated rings. The zero-order valence-electron chi connectivity index (χ0n) is 17.7. The van der Waals surface area contributed by atoms with Crippen molar-refractivity contribution in [3.05, 3.63) is 90.5 Å². The van der Waals surface area contributed by atoms with Crippen molar-refractivity contribution in [3.63, 3.8) is 0 Å². The summed E-state index contributed by atoms with van der Waals surface area (Å²) in [7, 11) is -2.57. The van der Waals surface area contributed by atoms with Crippen LogP contribution in [0.1, 0.15) is 31.1 Å². The van der Waals surface area contributed by atoms with Gasteiger partial charge in [0.15, 0.2) is 0 Å². The maximum Gasteiger partial charge on any atom is 0.335 e. The molecule has 0 aliphatic carbocycles. The molecule has 30 heavy (non-hydrogen) atoms. The summed E-state index contributed by atoms with van der Waals surface area (Å²) in [6.07, 6.45) is 0. The van der Waals surface area contributed by atoms with Crippen LogP contribution in [0.5, 0.6) is 5.75 Å². The second kappa shape index (κ2) is 9.28. The van der Waals surface area contributed by atoms with Gasteiger partial charge in [-0.3, -0.25) is 0 Å². The van der Waals surface area contributed by atoms with Crippen molar-refractivity contribution in [2.45, 2.75) is 25.8 Å². The number of aromatic carboxylic acids is 1. The zero-order chi connectivity index (χ0) is 21.6. The van der Waals surface area contributed by atoms with Crippen LogP contribution in [-0.2, 0) is 4.43 Å². The van der Waals surface area contributed by atoms with Crippen molar-refractivity contribution in [2.24, 2.45) is 0 Å². The van der Waals surface area contributed by atoms with Crippen molar-refractivity contribution < 1.29 is 19.1 Å². The van der Waals surface area contributed by atoms with Crippen molar-refractivity contribution in [1.82, 2.24) is 0 Å². The molecule has 0 aliphatic heterocycles. The summed E-state index contributed by atoms with van der Waals surface area (Å²) in [6, 6.07) is 27.4. The third-order valence-corrected chi connectivity index (χ3v) is 10.2. The van der Waals surface area contributed by atoms with Crippen LogP contribution in [0.4, 0.5) is 0 Å². The van der Waals surface area contributed by atoms with Gasteiger partial charge in [-0.2, -0.15) is 0 Å². The molecule has 0 saturated heterocycles. The highest BCUT2D eigenvalue weighted by atomic mass is 28.4. The van der Waals surface area contributed by atoms with E-state index < -0.39 is 14.3 Å². The molecular formula is C25H28O4Si.